The fraction of sp³-hybridized carbons (Fsp3) is 0.462. The Bertz CT molecular complexity index is 430. The van der Waals surface area contributed by atoms with Crippen molar-refractivity contribution >= 4 is 37.8 Å². The summed E-state index contributed by atoms with van der Waals surface area (Å²) < 4.78 is 1.79. The maximum Gasteiger partial charge on any atom is 0.253 e. The van der Waals surface area contributed by atoms with Crippen molar-refractivity contribution in [2.45, 2.75) is 12.8 Å². The first kappa shape index (κ1) is 14.0. The molecule has 1 atom stereocenters. The van der Waals surface area contributed by atoms with Crippen molar-refractivity contribution in [2.75, 3.05) is 19.7 Å². The SMILES string of the molecule is O=C(c1cc(Br)cc(Br)c1)N1CCC(CCO)C1. The zero-order valence-corrected chi connectivity index (χ0v) is 13.1. The van der Waals surface area contributed by atoms with Crippen LogP contribution in [0.3, 0.4) is 0 Å². The molecule has 18 heavy (non-hydrogen) atoms. The molecule has 1 saturated heterocycles. The Labute approximate surface area is 123 Å². The van der Waals surface area contributed by atoms with E-state index in [1.54, 1.807) is 0 Å². The van der Waals surface area contributed by atoms with E-state index in [9.17, 15) is 4.79 Å². The Morgan fingerprint density at radius 2 is 2.00 bits per heavy atom. The van der Waals surface area contributed by atoms with Crippen LogP contribution in [0.1, 0.15) is 23.2 Å². The predicted molar refractivity (Wildman–Crippen MR) is 77.6 cm³/mol. The van der Waals surface area contributed by atoms with Crippen LogP contribution in [0.5, 0.6) is 0 Å². The number of carbonyl (C=O) groups excluding carboxylic acids is 1. The van der Waals surface area contributed by atoms with E-state index in [1.165, 1.54) is 0 Å². The molecule has 1 aromatic rings. The number of nitrogens with zero attached hydrogens (tertiary/aromatic N) is 1. The van der Waals surface area contributed by atoms with Crippen LogP contribution in [0.25, 0.3) is 0 Å². The average Bonchev–Trinajstić information content (AvgIpc) is 2.76. The molecule has 1 aliphatic heterocycles. The highest BCUT2D eigenvalue weighted by Crippen LogP contribution is 2.24. The molecule has 0 aliphatic carbocycles. The standard InChI is InChI=1S/C13H15Br2NO2/c14-11-5-10(6-12(15)7-11)13(18)16-3-1-9(8-16)2-4-17/h5-7,9,17H,1-4,8H2. The van der Waals surface area contributed by atoms with Gasteiger partial charge in [0.25, 0.3) is 5.91 Å². The molecule has 1 fully saturated rings. The van der Waals surface area contributed by atoms with Crippen LogP contribution in [0, 0.1) is 5.92 Å². The number of carbonyl (C=O) groups is 1. The van der Waals surface area contributed by atoms with Crippen LogP contribution >= 0.6 is 31.9 Å². The number of aliphatic hydroxyl groups excluding tert-OH is 1. The monoisotopic (exact) mass is 375 g/mol. The van der Waals surface area contributed by atoms with Gasteiger partial charge in [0, 0.05) is 34.2 Å². The van der Waals surface area contributed by atoms with E-state index in [1.807, 2.05) is 23.1 Å². The van der Waals surface area contributed by atoms with E-state index in [4.69, 9.17) is 5.11 Å². The van der Waals surface area contributed by atoms with Crippen molar-refractivity contribution in [3.05, 3.63) is 32.7 Å². The zero-order valence-electron chi connectivity index (χ0n) is 9.90. The average molecular weight is 377 g/mol. The molecule has 0 spiro atoms. The van der Waals surface area contributed by atoms with Gasteiger partial charge in [-0.3, -0.25) is 4.79 Å². The minimum absolute atomic E-state index is 0.0671. The topological polar surface area (TPSA) is 40.5 Å². The Morgan fingerprint density at radius 3 is 2.61 bits per heavy atom. The number of likely N-dealkylation sites (tertiary alicyclic amines) is 1. The minimum Gasteiger partial charge on any atom is -0.396 e. The van der Waals surface area contributed by atoms with Gasteiger partial charge in [-0.1, -0.05) is 31.9 Å². The summed E-state index contributed by atoms with van der Waals surface area (Å²) in [5.74, 6) is 0.506. The lowest BCUT2D eigenvalue weighted by Gasteiger charge is -2.16. The van der Waals surface area contributed by atoms with Crippen LogP contribution in [-0.2, 0) is 0 Å². The first-order valence-corrected chi connectivity index (χ1v) is 7.55. The molecule has 0 bridgehead atoms. The molecule has 0 radical (unpaired) electrons. The lowest BCUT2D eigenvalue weighted by molar-refractivity contribution is 0.0784. The lowest BCUT2D eigenvalue weighted by atomic mass is 10.1. The summed E-state index contributed by atoms with van der Waals surface area (Å²) in [7, 11) is 0. The summed E-state index contributed by atoms with van der Waals surface area (Å²) in [5, 5.41) is 8.93. The Balaban J connectivity index is 2.08. The van der Waals surface area contributed by atoms with Crippen LogP contribution < -0.4 is 0 Å². The van der Waals surface area contributed by atoms with E-state index in [0.717, 1.165) is 34.9 Å². The highest BCUT2D eigenvalue weighted by Gasteiger charge is 2.26. The van der Waals surface area contributed by atoms with Gasteiger partial charge in [0.05, 0.1) is 0 Å². The summed E-state index contributed by atoms with van der Waals surface area (Å²) in [5.41, 5.74) is 0.695. The van der Waals surface area contributed by atoms with E-state index < -0.39 is 0 Å². The van der Waals surface area contributed by atoms with Gasteiger partial charge in [-0.05, 0) is 37.0 Å². The third-order valence-electron chi connectivity index (χ3n) is 3.22. The molecule has 0 aromatic heterocycles. The van der Waals surface area contributed by atoms with Gasteiger partial charge in [0.1, 0.15) is 0 Å². The molecule has 5 heteroatoms. The van der Waals surface area contributed by atoms with Gasteiger partial charge >= 0.3 is 0 Å². The number of hydrogen-bond acceptors (Lipinski definition) is 2. The summed E-state index contributed by atoms with van der Waals surface area (Å²) in [6.45, 7) is 1.74. The number of rotatable bonds is 3. The molecule has 2 rings (SSSR count). The number of hydrogen-bond donors (Lipinski definition) is 1. The maximum absolute atomic E-state index is 12.3. The van der Waals surface area contributed by atoms with Crippen molar-refractivity contribution in [3.8, 4) is 0 Å². The summed E-state index contributed by atoms with van der Waals surface area (Å²) >= 11 is 6.79. The van der Waals surface area contributed by atoms with E-state index in [2.05, 4.69) is 31.9 Å². The predicted octanol–water partition coefficient (Wildman–Crippen LogP) is 3.06. The minimum atomic E-state index is 0.0671. The Morgan fingerprint density at radius 1 is 1.33 bits per heavy atom. The molecule has 0 saturated carbocycles. The van der Waals surface area contributed by atoms with Gasteiger partial charge < -0.3 is 10.0 Å². The van der Waals surface area contributed by atoms with Gasteiger partial charge in [0.2, 0.25) is 0 Å². The third kappa shape index (κ3) is 3.33. The van der Waals surface area contributed by atoms with Gasteiger partial charge in [-0.25, -0.2) is 0 Å². The first-order chi connectivity index (χ1) is 8.60. The number of halogens is 2. The van der Waals surface area contributed by atoms with Crippen LogP contribution in [0.15, 0.2) is 27.1 Å². The van der Waals surface area contributed by atoms with Crippen molar-refractivity contribution in [1.29, 1.82) is 0 Å². The zero-order chi connectivity index (χ0) is 13.1. The fourth-order valence-electron chi connectivity index (χ4n) is 2.30. The molecule has 1 unspecified atom stereocenters. The van der Waals surface area contributed by atoms with E-state index in [-0.39, 0.29) is 12.5 Å². The second-order valence-corrected chi connectivity index (χ2v) is 6.41. The largest absolute Gasteiger partial charge is 0.396 e. The fourth-order valence-corrected chi connectivity index (χ4v) is 3.59. The molecular formula is C13H15Br2NO2. The third-order valence-corrected chi connectivity index (χ3v) is 4.14. The van der Waals surface area contributed by atoms with Crippen molar-refractivity contribution in [2.24, 2.45) is 5.92 Å². The number of benzene rings is 1. The van der Waals surface area contributed by atoms with Crippen molar-refractivity contribution in [3.63, 3.8) is 0 Å². The van der Waals surface area contributed by atoms with E-state index >= 15 is 0 Å². The Kier molecular flexibility index (Phi) is 4.81. The Hall–Kier alpha value is -0.390. The maximum atomic E-state index is 12.3. The number of aliphatic hydroxyl groups is 1. The molecule has 98 valence electrons. The summed E-state index contributed by atoms with van der Waals surface area (Å²) in [6.07, 6.45) is 1.77. The molecule has 1 aliphatic rings. The second kappa shape index (κ2) is 6.17. The number of amides is 1. The van der Waals surface area contributed by atoms with Crippen LogP contribution in [-0.4, -0.2) is 35.6 Å². The summed E-state index contributed by atoms with van der Waals surface area (Å²) in [4.78, 5) is 14.2. The van der Waals surface area contributed by atoms with Gasteiger partial charge in [-0.15, -0.1) is 0 Å². The second-order valence-electron chi connectivity index (χ2n) is 4.58. The quantitative estimate of drug-likeness (QED) is 0.880. The van der Waals surface area contributed by atoms with Gasteiger partial charge in [-0.2, -0.15) is 0 Å². The molecule has 1 aromatic carbocycles. The highest BCUT2D eigenvalue weighted by molar-refractivity contribution is 9.11. The van der Waals surface area contributed by atoms with Crippen molar-refractivity contribution in [1.82, 2.24) is 4.90 Å². The normalized spacial score (nSPS) is 19.3. The molecule has 3 nitrogen and oxygen atoms in total. The van der Waals surface area contributed by atoms with Crippen LogP contribution in [0.2, 0.25) is 0 Å². The van der Waals surface area contributed by atoms with E-state index in [0.29, 0.717) is 11.5 Å². The summed E-state index contributed by atoms with van der Waals surface area (Å²) in [6, 6.07) is 5.59. The lowest BCUT2D eigenvalue weighted by Crippen LogP contribution is -2.28. The smallest absolute Gasteiger partial charge is 0.253 e. The molecule has 1 amide bonds. The van der Waals surface area contributed by atoms with Crippen molar-refractivity contribution < 1.29 is 9.90 Å². The van der Waals surface area contributed by atoms with Gasteiger partial charge in [0.15, 0.2) is 0 Å². The first-order valence-electron chi connectivity index (χ1n) is 5.96. The molecular weight excluding hydrogens is 362 g/mol. The highest BCUT2D eigenvalue weighted by atomic mass is 79.9. The van der Waals surface area contributed by atoms with Crippen LogP contribution in [0.4, 0.5) is 0 Å². The molecule has 1 heterocycles. The molecule has 1 N–H and O–H groups in total.